The zero-order valence-electron chi connectivity index (χ0n) is 14.4. The van der Waals surface area contributed by atoms with Crippen molar-refractivity contribution in [1.82, 2.24) is 5.32 Å². The summed E-state index contributed by atoms with van der Waals surface area (Å²) in [7, 11) is 0. The molecule has 2 aromatic rings. The van der Waals surface area contributed by atoms with Crippen molar-refractivity contribution < 1.29 is 19.1 Å². The number of nitrogens with one attached hydrogen (secondary N) is 1. The van der Waals surface area contributed by atoms with Gasteiger partial charge in [0.1, 0.15) is 0 Å². The second-order valence-corrected chi connectivity index (χ2v) is 7.03. The number of amides is 2. The van der Waals surface area contributed by atoms with Gasteiger partial charge < -0.3 is 15.0 Å². The summed E-state index contributed by atoms with van der Waals surface area (Å²) in [6.45, 7) is 2.10. The monoisotopic (exact) mass is 372 g/mol. The van der Waals surface area contributed by atoms with E-state index in [0.29, 0.717) is 24.2 Å². The Bertz CT molecular complexity index is 804. The molecule has 1 aliphatic rings. The van der Waals surface area contributed by atoms with Crippen molar-refractivity contribution in [2.45, 2.75) is 25.8 Å². The van der Waals surface area contributed by atoms with Gasteiger partial charge in [-0.2, -0.15) is 0 Å². The third-order valence-electron chi connectivity index (χ3n) is 4.17. The normalized spacial score (nSPS) is 15.0. The lowest BCUT2D eigenvalue weighted by molar-refractivity contribution is -0.124. The molecule has 6 nitrogen and oxygen atoms in total. The van der Waals surface area contributed by atoms with Crippen LogP contribution in [0.1, 0.15) is 41.0 Å². The first-order chi connectivity index (χ1) is 12.6. The van der Waals surface area contributed by atoms with Gasteiger partial charge >= 0.3 is 5.97 Å². The second kappa shape index (κ2) is 8.14. The van der Waals surface area contributed by atoms with E-state index in [9.17, 15) is 14.4 Å². The van der Waals surface area contributed by atoms with Crippen LogP contribution in [0, 0.1) is 0 Å². The van der Waals surface area contributed by atoms with Crippen LogP contribution in [0.2, 0.25) is 0 Å². The lowest BCUT2D eigenvalue weighted by Crippen LogP contribution is -2.31. The number of hydrogen-bond donors (Lipinski definition) is 1. The summed E-state index contributed by atoms with van der Waals surface area (Å²) in [4.78, 5) is 39.0. The molecule has 0 saturated carbocycles. The Labute approximate surface area is 155 Å². The van der Waals surface area contributed by atoms with Crippen molar-refractivity contribution in [3.05, 3.63) is 52.2 Å². The molecule has 1 aliphatic heterocycles. The highest BCUT2D eigenvalue weighted by atomic mass is 32.1. The number of hydrogen-bond acceptors (Lipinski definition) is 5. The van der Waals surface area contributed by atoms with Crippen LogP contribution in [0.3, 0.4) is 0 Å². The topological polar surface area (TPSA) is 75.7 Å². The minimum Gasteiger partial charge on any atom is -0.452 e. The molecule has 2 amide bonds. The maximum atomic E-state index is 12.4. The summed E-state index contributed by atoms with van der Waals surface area (Å²) in [5.41, 5.74) is 0.828. The maximum Gasteiger partial charge on any atom is 0.340 e. The van der Waals surface area contributed by atoms with E-state index in [0.717, 1.165) is 11.3 Å². The van der Waals surface area contributed by atoms with E-state index in [-0.39, 0.29) is 24.5 Å². The number of carbonyl (C=O) groups excluding carboxylic acids is 3. The van der Waals surface area contributed by atoms with Crippen molar-refractivity contribution >= 4 is 34.8 Å². The molecular weight excluding hydrogens is 352 g/mol. The fourth-order valence-corrected chi connectivity index (χ4v) is 3.62. The lowest BCUT2D eigenvalue weighted by Gasteiger charge is -2.19. The van der Waals surface area contributed by atoms with Crippen molar-refractivity contribution in [2.75, 3.05) is 18.1 Å². The smallest absolute Gasteiger partial charge is 0.340 e. The molecule has 2 heterocycles. The van der Waals surface area contributed by atoms with Crippen LogP contribution >= 0.6 is 11.3 Å². The Morgan fingerprint density at radius 3 is 2.77 bits per heavy atom. The second-order valence-electron chi connectivity index (χ2n) is 6.05. The van der Waals surface area contributed by atoms with Crippen molar-refractivity contribution in [3.63, 3.8) is 0 Å². The summed E-state index contributed by atoms with van der Waals surface area (Å²) in [5.74, 6) is -0.985. The first-order valence-electron chi connectivity index (χ1n) is 8.45. The van der Waals surface area contributed by atoms with E-state index in [1.807, 2.05) is 24.4 Å². The van der Waals surface area contributed by atoms with Gasteiger partial charge in [0.25, 0.3) is 5.91 Å². The average molecular weight is 372 g/mol. The molecule has 1 saturated heterocycles. The predicted octanol–water partition coefficient (Wildman–Crippen LogP) is 2.91. The van der Waals surface area contributed by atoms with E-state index < -0.39 is 5.97 Å². The molecule has 1 aromatic heterocycles. The first kappa shape index (κ1) is 18.1. The van der Waals surface area contributed by atoms with Crippen LogP contribution in [0.25, 0.3) is 0 Å². The summed E-state index contributed by atoms with van der Waals surface area (Å²) < 4.78 is 5.16. The molecule has 136 valence electrons. The number of rotatable bonds is 6. The molecule has 0 spiro atoms. The summed E-state index contributed by atoms with van der Waals surface area (Å²) >= 11 is 1.55. The zero-order chi connectivity index (χ0) is 18.5. The Morgan fingerprint density at radius 1 is 1.27 bits per heavy atom. The van der Waals surface area contributed by atoms with Gasteiger partial charge in [0, 0.05) is 17.8 Å². The number of carbonyl (C=O) groups is 3. The molecule has 0 radical (unpaired) electrons. The van der Waals surface area contributed by atoms with Gasteiger partial charge in [-0.25, -0.2) is 4.79 Å². The molecule has 1 aromatic carbocycles. The fourth-order valence-electron chi connectivity index (χ4n) is 2.89. The highest BCUT2D eigenvalue weighted by Crippen LogP contribution is 2.26. The van der Waals surface area contributed by atoms with Gasteiger partial charge in [-0.3, -0.25) is 9.59 Å². The highest BCUT2D eigenvalue weighted by molar-refractivity contribution is 7.10. The van der Waals surface area contributed by atoms with Crippen LogP contribution in [0.5, 0.6) is 0 Å². The van der Waals surface area contributed by atoms with E-state index >= 15 is 0 Å². The molecule has 0 unspecified atom stereocenters. The fraction of sp³-hybridized carbons (Fsp3) is 0.316. The highest BCUT2D eigenvalue weighted by Gasteiger charge is 2.26. The summed E-state index contributed by atoms with van der Waals surface area (Å²) in [6.07, 6.45) is 1.25. The van der Waals surface area contributed by atoms with Crippen LogP contribution < -0.4 is 10.2 Å². The Morgan fingerprint density at radius 2 is 2.08 bits per heavy atom. The third-order valence-corrected chi connectivity index (χ3v) is 5.23. The average Bonchev–Trinajstić information content (AvgIpc) is 3.31. The number of esters is 1. The molecule has 7 heteroatoms. The van der Waals surface area contributed by atoms with Gasteiger partial charge in [0.05, 0.1) is 17.3 Å². The Hall–Kier alpha value is -2.67. The van der Waals surface area contributed by atoms with E-state index in [1.165, 1.54) is 0 Å². The molecule has 3 rings (SSSR count). The molecule has 1 N–H and O–H groups in total. The summed E-state index contributed by atoms with van der Waals surface area (Å²) in [6, 6.07) is 10.5. The van der Waals surface area contributed by atoms with Crippen molar-refractivity contribution in [3.8, 4) is 0 Å². The minimum absolute atomic E-state index is 0.00670. The van der Waals surface area contributed by atoms with Crippen LogP contribution in [-0.2, 0) is 14.3 Å². The molecule has 0 aliphatic carbocycles. The van der Waals surface area contributed by atoms with Crippen LogP contribution in [-0.4, -0.2) is 30.9 Å². The predicted molar refractivity (Wildman–Crippen MR) is 99.2 cm³/mol. The SMILES string of the molecule is C[C@@H](NC(=O)COC(=O)c1ccccc1N1CCCC1=O)c1cccs1. The molecule has 1 fully saturated rings. The van der Waals surface area contributed by atoms with Crippen molar-refractivity contribution in [2.24, 2.45) is 0 Å². The van der Waals surface area contributed by atoms with Crippen molar-refractivity contribution in [1.29, 1.82) is 0 Å². The van der Waals surface area contributed by atoms with Crippen LogP contribution in [0.15, 0.2) is 41.8 Å². The van der Waals surface area contributed by atoms with E-state index in [1.54, 1.807) is 40.5 Å². The quantitative estimate of drug-likeness (QED) is 0.791. The number of thiophene rings is 1. The largest absolute Gasteiger partial charge is 0.452 e. The number of benzene rings is 1. The number of para-hydroxylation sites is 1. The Balaban J connectivity index is 1.60. The molecule has 26 heavy (non-hydrogen) atoms. The number of nitrogens with zero attached hydrogens (tertiary/aromatic N) is 1. The number of ether oxygens (including phenoxy) is 1. The number of anilines is 1. The van der Waals surface area contributed by atoms with Gasteiger partial charge in [-0.05, 0) is 36.9 Å². The summed E-state index contributed by atoms with van der Waals surface area (Å²) in [5, 5.41) is 4.73. The first-order valence-corrected chi connectivity index (χ1v) is 9.33. The van der Waals surface area contributed by atoms with Gasteiger partial charge in [0.2, 0.25) is 5.91 Å². The van der Waals surface area contributed by atoms with Gasteiger partial charge in [-0.1, -0.05) is 18.2 Å². The molecular formula is C19H20N2O4S. The molecule has 0 bridgehead atoms. The zero-order valence-corrected chi connectivity index (χ0v) is 15.3. The van der Waals surface area contributed by atoms with E-state index in [4.69, 9.17) is 4.74 Å². The van der Waals surface area contributed by atoms with Gasteiger partial charge in [0.15, 0.2) is 6.61 Å². The standard InChI is InChI=1S/C19H20N2O4S/c1-13(16-8-5-11-26-16)20-17(22)12-25-19(24)14-6-2-3-7-15(14)21-10-4-9-18(21)23/h2-3,5-8,11,13H,4,9-10,12H2,1H3,(H,20,22)/t13-/m1/s1. The maximum absolute atomic E-state index is 12.4. The van der Waals surface area contributed by atoms with Crippen LogP contribution in [0.4, 0.5) is 5.69 Å². The lowest BCUT2D eigenvalue weighted by atomic mass is 10.1. The molecule has 1 atom stereocenters. The van der Waals surface area contributed by atoms with Gasteiger partial charge in [-0.15, -0.1) is 11.3 Å². The van der Waals surface area contributed by atoms with E-state index in [2.05, 4.69) is 5.32 Å². The minimum atomic E-state index is -0.612. The third kappa shape index (κ3) is 4.11. The Kier molecular flexibility index (Phi) is 5.68.